The van der Waals surface area contributed by atoms with E-state index in [1.54, 1.807) is 12.1 Å². The molecule has 0 atom stereocenters. The van der Waals surface area contributed by atoms with Gasteiger partial charge in [0, 0.05) is 4.88 Å². The standard InChI is InChI=1S/C10H7ClN2O4S/c11-7-2-1-5(18-7)3-6-9(16)13(4-8(14)15)10(17)12-6/h1-3H,4H2,(H,12,17)(H,14,15)/p-1/b6-3+. The molecule has 3 amide bonds. The van der Waals surface area contributed by atoms with E-state index in [1.165, 1.54) is 17.4 Å². The number of carbonyl (C=O) groups excluding carboxylic acids is 3. The Morgan fingerprint density at radius 2 is 2.22 bits per heavy atom. The van der Waals surface area contributed by atoms with Crippen molar-refractivity contribution in [1.29, 1.82) is 0 Å². The van der Waals surface area contributed by atoms with Gasteiger partial charge in [-0.15, -0.1) is 11.3 Å². The van der Waals surface area contributed by atoms with Crippen LogP contribution >= 0.6 is 22.9 Å². The highest BCUT2D eigenvalue weighted by Crippen LogP contribution is 2.24. The zero-order valence-corrected chi connectivity index (χ0v) is 10.4. The highest BCUT2D eigenvalue weighted by molar-refractivity contribution is 7.17. The summed E-state index contributed by atoms with van der Waals surface area (Å²) in [6.45, 7) is -0.771. The average Bonchev–Trinajstić information content (AvgIpc) is 2.78. The van der Waals surface area contributed by atoms with Crippen LogP contribution in [0.2, 0.25) is 4.34 Å². The van der Waals surface area contributed by atoms with Gasteiger partial charge in [0.05, 0.1) is 16.9 Å². The Labute approximate surface area is 110 Å². The number of rotatable bonds is 3. The minimum absolute atomic E-state index is 0.0137. The van der Waals surface area contributed by atoms with E-state index in [9.17, 15) is 19.5 Å². The number of imide groups is 1. The molecule has 0 unspecified atom stereocenters. The molecule has 1 aromatic heterocycles. The molecule has 8 heteroatoms. The molecule has 18 heavy (non-hydrogen) atoms. The molecule has 0 radical (unpaired) electrons. The van der Waals surface area contributed by atoms with Crippen LogP contribution in [0.5, 0.6) is 0 Å². The van der Waals surface area contributed by atoms with Gasteiger partial charge in [-0.1, -0.05) is 11.6 Å². The molecule has 1 N–H and O–H groups in total. The topological polar surface area (TPSA) is 89.5 Å². The van der Waals surface area contributed by atoms with Gasteiger partial charge in [-0.2, -0.15) is 0 Å². The molecule has 1 aliphatic heterocycles. The molecule has 2 rings (SSSR count). The van der Waals surface area contributed by atoms with Crippen LogP contribution in [0.3, 0.4) is 0 Å². The molecule has 0 spiro atoms. The molecule has 1 aliphatic rings. The van der Waals surface area contributed by atoms with Gasteiger partial charge in [0.15, 0.2) is 0 Å². The van der Waals surface area contributed by atoms with Crippen molar-refractivity contribution >= 4 is 46.9 Å². The number of hydrogen-bond donors (Lipinski definition) is 1. The van der Waals surface area contributed by atoms with Crippen LogP contribution in [0, 0.1) is 0 Å². The molecule has 2 heterocycles. The molecule has 0 saturated carbocycles. The number of halogens is 1. The summed E-state index contributed by atoms with van der Waals surface area (Å²) in [5.41, 5.74) is 0.0137. The van der Waals surface area contributed by atoms with Gasteiger partial charge < -0.3 is 15.2 Å². The normalized spacial score (nSPS) is 17.4. The summed E-state index contributed by atoms with van der Waals surface area (Å²) in [5.74, 6) is -2.20. The van der Waals surface area contributed by atoms with Crippen molar-refractivity contribution in [2.45, 2.75) is 0 Å². The molecular formula is C10H6ClN2O4S-. The molecule has 0 bridgehead atoms. The number of nitrogens with one attached hydrogen (secondary N) is 1. The van der Waals surface area contributed by atoms with Gasteiger partial charge in [-0.05, 0) is 18.2 Å². The fraction of sp³-hybridized carbons (Fsp3) is 0.100. The fourth-order valence-electron chi connectivity index (χ4n) is 1.39. The maximum atomic E-state index is 11.7. The molecule has 6 nitrogen and oxygen atoms in total. The lowest BCUT2D eigenvalue weighted by Crippen LogP contribution is -2.41. The molecular weight excluding hydrogens is 280 g/mol. The van der Waals surface area contributed by atoms with E-state index < -0.39 is 24.5 Å². The van der Waals surface area contributed by atoms with Crippen molar-refractivity contribution in [3.8, 4) is 0 Å². The summed E-state index contributed by atoms with van der Waals surface area (Å²) in [4.78, 5) is 34.7. The lowest BCUT2D eigenvalue weighted by atomic mass is 10.3. The van der Waals surface area contributed by atoms with Crippen LogP contribution in [-0.4, -0.2) is 29.4 Å². The van der Waals surface area contributed by atoms with Crippen LogP contribution in [0.1, 0.15) is 4.88 Å². The van der Waals surface area contributed by atoms with Gasteiger partial charge in [0.1, 0.15) is 5.70 Å². The molecule has 1 saturated heterocycles. The number of nitrogens with zero attached hydrogens (tertiary/aromatic N) is 1. The number of amides is 3. The largest absolute Gasteiger partial charge is 0.548 e. The van der Waals surface area contributed by atoms with E-state index in [0.717, 1.165) is 0 Å². The fourth-order valence-corrected chi connectivity index (χ4v) is 2.40. The van der Waals surface area contributed by atoms with E-state index in [4.69, 9.17) is 11.6 Å². The number of carbonyl (C=O) groups is 3. The Morgan fingerprint density at radius 3 is 2.78 bits per heavy atom. The van der Waals surface area contributed by atoms with Crippen molar-refractivity contribution in [2.24, 2.45) is 0 Å². The predicted molar refractivity (Wildman–Crippen MR) is 62.6 cm³/mol. The predicted octanol–water partition coefficient (Wildman–Crippen LogP) is 0.0441. The van der Waals surface area contributed by atoms with E-state index >= 15 is 0 Å². The monoisotopic (exact) mass is 285 g/mol. The van der Waals surface area contributed by atoms with Crippen molar-refractivity contribution in [2.75, 3.05) is 6.54 Å². The lowest BCUT2D eigenvalue weighted by molar-refractivity contribution is -0.305. The van der Waals surface area contributed by atoms with E-state index in [0.29, 0.717) is 14.1 Å². The quantitative estimate of drug-likeness (QED) is 0.627. The third-order valence-corrected chi connectivity index (χ3v) is 3.31. The molecule has 94 valence electrons. The molecule has 1 aromatic rings. The first kappa shape index (κ1) is 12.6. The second kappa shape index (κ2) is 4.79. The van der Waals surface area contributed by atoms with Crippen LogP contribution in [0.15, 0.2) is 17.8 Å². The van der Waals surface area contributed by atoms with Crippen LogP contribution < -0.4 is 10.4 Å². The highest BCUT2D eigenvalue weighted by Gasteiger charge is 2.33. The van der Waals surface area contributed by atoms with Gasteiger partial charge >= 0.3 is 6.03 Å². The van der Waals surface area contributed by atoms with Crippen molar-refractivity contribution < 1.29 is 19.5 Å². The Hall–Kier alpha value is -1.86. The molecule has 0 aromatic carbocycles. The Balaban J connectivity index is 2.22. The van der Waals surface area contributed by atoms with Crippen LogP contribution in [0.4, 0.5) is 4.79 Å². The van der Waals surface area contributed by atoms with Gasteiger partial charge in [-0.3, -0.25) is 9.69 Å². The van der Waals surface area contributed by atoms with E-state index in [2.05, 4.69) is 5.32 Å². The van der Waals surface area contributed by atoms with Crippen molar-refractivity contribution in [3.63, 3.8) is 0 Å². The van der Waals surface area contributed by atoms with Gasteiger partial charge in [0.2, 0.25) is 0 Å². The zero-order valence-electron chi connectivity index (χ0n) is 8.81. The number of carboxylic acids is 1. The molecule has 1 fully saturated rings. The smallest absolute Gasteiger partial charge is 0.329 e. The van der Waals surface area contributed by atoms with E-state index in [1.807, 2.05) is 0 Å². The van der Waals surface area contributed by atoms with Crippen molar-refractivity contribution in [3.05, 3.63) is 27.0 Å². The van der Waals surface area contributed by atoms with E-state index in [-0.39, 0.29) is 5.70 Å². The second-order valence-electron chi connectivity index (χ2n) is 3.39. The SMILES string of the molecule is O=C([O-])CN1C(=O)N/C(=C/c2ccc(Cl)s2)C1=O. The maximum Gasteiger partial charge on any atom is 0.329 e. The van der Waals surface area contributed by atoms with Gasteiger partial charge in [-0.25, -0.2) is 4.79 Å². The number of aliphatic carboxylic acids is 1. The minimum atomic E-state index is -1.50. The third kappa shape index (κ3) is 2.52. The summed E-state index contributed by atoms with van der Waals surface area (Å²) >= 11 is 6.96. The highest BCUT2D eigenvalue weighted by atomic mass is 35.5. The first-order chi connectivity index (χ1) is 8.47. The second-order valence-corrected chi connectivity index (χ2v) is 5.14. The average molecular weight is 286 g/mol. The zero-order chi connectivity index (χ0) is 13.3. The Bertz CT molecular complexity index is 566. The number of carboxylic acid groups (broad SMARTS) is 1. The first-order valence-electron chi connectivity index (χ1n) is 4.77. The number of urea groups is 1. The van der Waals surface area contributed by atoms with Gasteiger partial charge in [0.25, 0.3) is 5.91 Å². The Kier molecular flexibility index (Phi) is 3.35. The lowest BCUT2D eigenvalue weighted by Gasteiger charge is -2.11. The van der Waals surface area contributed by atoms with Crippen LogP contribution in [0.25, 0.3) is 6.08 Å². The first-order valence-corrected chi connectivity index (χ1v) is 5.96. The minimum Gasteiger partial charge on any atom is -0.548 e. The summed E-state index contributed by atoms with van der Waals surface area (Å²) in [7, 11) is 0. The number of thiophene rings is 1. The summed E-state index contributed by atoms with van der Waals surface area (Å²) < 4.78 is 0.546. The Morgan fingerprint density at radius 1 is 1.50 bits per heavy atom. The number of hydrogen-bond acceptors (Lipinski definition) is 5. The summed E-state index contributed by atoms with van der Waals surface area (Å²) in [5, 5.41) is 12.7. The van der Waals surface area contributed by atoms with Crippen LogP contribution in [-0.2, 0) is 9.59 Å². The maximum absolute atomic E-state index is 11.7. The molecule has 0 aliphatic carbocycles. The summed E-state index contributed by atoms with van der Waals surface area (Å²) in [6, 6.07) is 2.55. The third-order valence-electron chi connectivity index (χ3n) is 2.13. The summed E-state index contributed by atoms with van der Waals surface area (Å²) in [6.07, 6.45) is 1.44. The van der Waals surface area contributed by atoms with Crippen molar-refractivity contribution in [1.82, 2.24) is 10.2 Å².